The van der Waals surface area contributed by atoms with Crippen molar-refractivity contribution in [3.8, 4) is 0 Å². The summed E-state index contributed by atoms with van der Waals surface area (Å²) in [4.78, 5) is 4.67. The summed E-state index contributed by atoms with van der Waals surface area (Å²) in [5.41, 5.74) is 2.10. The van der Waals surface area contributed by atoms with Gasteiger partial charge in [0.25, 0.3) is 0 Å². The second kappa shape index (κ2) is 5.34. The van der Waals surface area contributed by atoms with Crippen LogP contribution in [-0.4, -0.2) is 9.55 Å². The first-order chi connectivity index (χ1) is 9.15. The monoisotopic (exact) mass is 296 g/mol. The lowest BCUT2D eigenvalue weighted by Crippen LogP contribution is -2.11. The van der Waals surface area contributed by atoms with Crippen molar-refractivity contribution in [2.24, 2.45) is 5.92 Å². The Morgan fingerprint density at radius 1 is 1.37 bits per heavy atom. The summed E-state index contributed by atoms with van der Waals surface area (Å²) in [7, 11) is 0. The number of halogens is 2. The molecular weight excluding hydrogens is 279 g/mol. The van der Waals surface area contributed by atoms with Crippen LogP contribution in [0.1, 0.15) is 43.8 Å². The molecule has 1 aliphatic carbocycles. The van der Waals surface area contributed by atoms with Crippen LogP contribution in [0.15, 0.2) is 18.2 Å². The third kappa shape index (κ3) is 2.61. The zero-order chi connectivity index (χ0) is 13.4. The highest BCUT2D eigenvalue weighted by Crippen LogP contribution is 2.31. The Balaban J connectivity index is 2.06. The van der Waals surface area contributed by atoms with Gasteiger partial charge in [-0.25, -0.2) is 4.98 Å². The van der Waals surface area contributed by atoms with Gasteiger partial charge in [0.15, 0.2) is 0 Å². The minimum Gasteiger partial charge on any atom is -0.326 e. The van der Waals surface area contributed by atoms with Crippen LogP contribution in [0.5, 0.6) is 0 Å². The Morgan fingerprint density at radius 2 is 2.11 bits per heavy atom. The molecule has 1 unspecified atom stereocenters. The van der Waals surface area contributed by atoms with Crippen LogP contribution in [0.3, 0.4) is 0 Å². The molecule has 0 aliphatic heterocycles. The molecule has 2 aromatic rings. The van der Waals surface area contributed by atoms with E-state index in [1.54, 1.807) is 0 Å². The summed E-state index contributed by atoms with van der Waals surface area (Å²) >= 11 is 12.4. The van der Waals surface area contributed by atoms with Gasteiger partial charge in [-0.1, -0.05) is 24.4 Å². The lowest BCUT2D eigenvalue weighted by Gasteiger charge is -2.15. The Hall–Kier alpha value is -0.730. The van der Waals surface area contributed by atoms with Crippen LogP contribution in [0, 0.1) is 5.92 Å². The van der Waals surface area contributed by atoms with Crippen molar-refractivity contribution in [3.05, 3.63) is 29.0 Å². The fraction of sp³-hybridized carbons (Fsp3) is 0.533. The Labute approximate surface area is 123 Å². The molecule has 1 fully saturated rings. The summed E-state index contributed by atoms with van der Waals surface area (Å²) in [6.07, 6.45) is 5.33. The van der Waals surface area contributed by atoms with Gasteiger partial charge in [0.05, 0.1) is 16.4 Å². The molecule has 0 spiro atoms. The molecule has 1 aliphatic rings. The Morgan fingerprint density at radius 3 is 2.79 bits per heavy atom. The average molecular weight is 297 g/mol. The predicted molar refractivity (Wildman–Crippen MR) is 81.0 cm³/mol. The van der Waals surface area contributed by atoms with Gasteiger partial charge in [-0.2, -0.15) is 0 Å². The largest absolute Gasteiger partial charge is 0.326 e. The third-order valence-corrected chi connectivity index (χ3v) is 4.44. The summed E-state index contributed by atoms with van der Waals surface area (Å²) in [5, 5.41) is 0.682. The fourth-order valence-electron chi connectivity index (χ4n) is 3.06. The molecule has 0 bridgehead atoms. The predicted octanol–water partition coefficient (Wildman–Crippen LogP) is 5.18. The second-order valence-electron chi connectivity index (χ2n) is 5.48. The molecule has 0 saturated heterocycles. The summed E-state index contributed by atoms with van der Waals surface area (Å²) in [5.74, 6) is 1.72. The standard InChI is InChI=1S/C15H18Cl2N2/c1-10(16)15-18-13-7-6-12(17)8-14(13)19(15)9-11-4-2-3-5-11/h6-8,10-11H,2-5,9H2,1H3. The number of nitrogens with zero attached hydrogens (tertiary/aromatic N) is 2. The smallest absolute Gasteiger partial charge is 0.127 e. The van der Waals surface area contributed by atoms with Crippen LogP contribution in [0.4, 0.5) is 0 Å². The number of imidazole rings is 1. The van der Waals surface area contributed by atoms with Crippen molar-refractivity contribution in [2.75, 3.05) is 0 Å². The van der Waals surface area contributed by atoms with E-state index in [4.69, 9.17) is 23.2 Å². The highest BCUT2D eigenvalue weighted by Gasteiger charge is 2.21. The average Bonchev–Trinajstić information content (AvgIpc) is 2.98. The van der Waals surface area contributed by atoms with Gasteiger partial charge >= 0.3 is 0 Å². The molecule has 19 heavy (non-hydrogen) atoms. The van der Waals surface area contributed by atoms with E-state index in [1.807, 2.05) is 25.1 Å². The van der Waals surface area contributed by atoms with Crippen molar-refractivity contribution >= 4 is 34.2 Å². The van der Waals surface area contributed by atoms with Crippen molar-refractivity contribution in [1.29, 1.82) is 0 Å². The minimum absolute atomic E-state index is 0.0763. The molecule has 3 rings (SSSR count). The van der Waals surface area contributed by atoms with Gasteiger partial charge in [0, 0.05) is 11.6 Å². The summed E-state index contributed by atoms with van der Waals surface area (Å²) < 4.78 is 2.27. The molecule has 4 heteroatoms. The van der Waals surface area contributed by atoms with Crippen LogP contribution >= 0.6 is 23.2 Å². The minimum atomic E-state index is -0.0763. The van der Waals surface area contributed by atoms with Crippen molar-refractivity contribution < 1.29 is 0 Å². The maximum absolute atomic E-state index is 6.29. The number of rotatable bonds is 3. The van der Waals surface area contributed by atoms with E-state index in [0.717, 1.165) is 34.3 Å². The number of hydrogen-bond acceptors (Lipinski definition) is 1. The first-order valence-electron chi connectivity index (χ1n) is 6.95. The summed E-state index contributed by atoms with van der Waals surface area (Å²) in [6.45, 7) is 3.00. The molecule has 2 nitrogen and oxygen atoms in total. The van der Waals surface area contributed by atoms with E-state index in [0.29, 0.717) is 0 Å². The molecule has 1 saturated carbocycles. The molecular formula is C15H18Cl2N2. The number of fused-ring (bicyclic) bond motifs is 1. The SMILES string of the molecule is CC(Cl)c1nc2ccc(Cl)cc2n1CC1CCCC1. The van der Waals surface area contributed by atoms with Gasteiger partial charge in [0.2, 0.25) is 0 Å². The molecule has 1 heterocycles. The molecule has 0 amide bonds. The first-order valence-corrected chi connectivity index (χ1v) is 7.76. The lowest BCUT2D eigenvalue weighted by molar-refractivity contribution is 0.454. The maximum Gasteiger partial charge on any atom is 0.127 e. The number of aromatic nitrogens is 2. The number of benzene rings is 1. The molecule has 1 atom stereocenters. The Kier molecular flexibility index (Phi) is 3.72. The van der Waals surface area contributed by atoms with Gasteiger partial charge < -0.3 is 4.57 Å². The van der Waals surface area contributed by atoms with Crippen molar-refractivity contribution in [1.82, 2.24) is 9.55 Å². The highest BCUT2D eigenvalue weighted by atomic mass is 35.5. The van der Waals surface area contributed by atoms with Crippen LogP contribution in [-0.2, 0) is 6.54 Å². The van der Waals surface area contributed by atoms with Crippen molar-refractivity contribution in [3.63, 3.8) is 0 Å². The lowest BCUT2D eigenvalue weighted by atomic mass is 10.1. The van der Waals surface area contributed by atoms with E-state index in [2.05, 4.69) is 9.55 Å². The van der Waals surface area contributed by atoms with Gasteiger partial charge in [0.1, 0.15) is 5.82 Å². The van der Waals surface area contributed by atoms with Crippen LogP contribution < -0.4 is 0 Å². The van der Waals surface area contributed by atoms with E-state index >= 15 is 0 Å². The van der Waals surface area contributed by atoms with E-state index < -0.39 is 0 Å². The second-order valence-corrected chi connectivity index (χ2v) is 6.57. The van der Waals surface area contributed by atoms with E-state index in [1.165, 1.54) is 25.7 Å². The van der Waals surface area contributed by atoms with Crippen LogP contribution in [0.2, 0.25) is 5.02 Å². The van der Waals surface area contributed by atoms with Gasteiger partial charge in [-0.15, -0.1) is 11.6 Å². The van der Waals surface area contributed by atoms with E-state index in [9.17, 15) is 0 Å². The quantitative estimate of drug-likeness (QED) is 0.714. The van der Waals surface area contributed by atoms with Gasteiger partial charge in [-0.3, -0.25) is 0 Å². The zero-order valence-corrected chi connectivity index (χ0v) is 12.6. The highest BCUT2D eigenvalue weighted by molar-refractivity contribution is 6.31. The molecule has 0 N–H and O–H groups in total. The Bertz CT molecular complexity index is 583. The first kappa shape index (κ1) is 13.3. The molecule has 102 valence electrons. The normalized spacial score (nSPS) is 18.3. The number of hydrogen-bond donors (Lipinski definition) is 0. The summed E-state index contributed by atoms with van der Waals surface area (Å²) in [6, 6.07) is 5.87. The van der Waals surface area contributed by atoms with Gasteiger partial charge in [-0.05, 0) is 43.9 Å². The molecule has 1 aromatic carbocycles. The van der Waals surface area contributed by atoms with Crippen molar-refractivity contribution in [2.45, 2.75) is 44.5 Å². The number of alkyl halides is 1. The van der Waals surface area contributed by atoms with Crippen LogP contribution in [0.25, 0.3) is 11.0 Å². The fourth-order valence-corrected chi connectivity index (χ4v) is 3.39. The van der Waals surface area contributed by atoms with E-state index in [-0.39, 0.29) is 5.38 Å². The molecule has 1 aromatic heterocycles. The molecule has 0 radical (unpaired) electrons. The topological polar surface area (TPSA) is 17.8 Å². The third-order valence-electron chi connectivity index (χ3n) is 4.01. The zero-order valence-electron chi connectivity index (χ0n) is 11.1. The maximum atomic E-state index is 6.29.